The Kier molecular flexibility index (Phi) is 7.59. The van der Waals surface area contributed by atoms with Gasteiger partial charge < -0.3 is 14.4 Å². The summed E-state index contributed by atoms with van der Waals surface area (Å²) in [7, 11) is 1.59. The van der Waals surface area contributed by atoms with E-state index in [1.807, 2.05) is 6.92 Å². The average Bonchev–Trinajstić information content (AvgIpc) is 2.98. The van der Waals surface area contributed by atoms with Crippen LogP contribution in [0.2, 0.25) is 0 Å². The van der Waals surface area contributed by atoms with Gasteiger partial charge in [0.2, 0.25) is 5.91 Å². The quantitative estimate of drug-likeness (QED) is 0.519. The molecule has 31 heavy (non-hydrogen) atoms. The van der Waals surface area contributed by atoms with Gasteiger partial charge in [-0.15, -0.1) is 0 Å². The predicted molar refractivity (Wildman–Crippen MR) is 111 cm³/mol. The lowest BCUT2D eigenvalue weighted by atomic mass is 9.97. The number of rotatable bonds is 7. The number of nitrogens with one attached hydrogen (secondary N) is 1. The minimum Gasteiger partial charge on any atom is -0.491 e. The van der Waals surface area contributed by atoms with Crippen LogP contribution in [0.15, 0.2) is 42.5 Å². The number of halogens is 1. The van der Waals surface area contributed by atoms with E-state index in [9.17, 15) is 14.0 Å². The summed E-state index contributed by atoms with van der Waals surface area (Å²) < 4.78 is 25.8. The van der Waals surface area contributed by atoms with E-state index >= 15 is 0 Å². The molecule has 0 saturated heterocycles. The first-order chi connectivity index (χ1) is 15.0. The second kappa shape index (κ2) is 10.4. The van der Waals surface area contributed by atoms with E-state index in [2.05, 4.69) is 0 Å². The van der Waals surface area contributed by atoms with E-state index in [1.165, 1.54) is 12.1 Å². The molecular weight excluding hydrogens is 403 g/mol. The van der Waals surface area contributed by atoms with Crippen molar-refractivity contribution < 1.29 is 28.7 Å². The number of hydroxylamine groups is 1. The smallest absolute Gasteiger partial charge is 0.274 e. The zero-order chi connectivity index (χ0) is 22.4. The van der Waals surface area contributed by atoms with Crippen LogP contribution in [-0.4, -0.2) is 42.2 Å². The van der Waals surface area contributed by atoms with Gasteiger partial charge >= 0.3 is 0 Å². The number of hydrogen-bond donors (Lipinski definition) is 2. The first kappa shape index (κ1) is 22.7. The van der Waals surface area contributed by atoms with Gasteiger partial charge in [0.1, 0.15) is 18.2 Å². The van der Waals surface area contributed by atoms with Gasteiger partial charge in [0, 0.05) is 36.3 Å². The number of carbonyl (C=O) groups is 2. The largest absolute Gasteiger partial charge is 0.491 e. The molecular formula is C23H27FN2O5. The lowest BCUT2D eigenvalue weighted by Gasteiger charge is -2.32. The Bertz CT molecular complexity index is 936. The number of amides is 2. The third-order valence-corrected chi connectivity index (χ3v) is 5.60. The lowest BCUT2D eigenvalue weighted by molar-refractivity contribution is -0.140. The van der Waals surface area contributed by atoms with Gasteiger partial charge in [-0.25, -0.2) is 9.87 Å². The Hall–Kier alpha value is -2.97. The molecule has 0 radical (unpaired) electrons. The molecule has 2 N–H and O–H groups in total. The van der Waals surface area contributed by atoms with Crippen molar-refractivity contribution in [2.24, 2.45) is 5.92 Å². The van der Waals surface area contributed by atoms with Crippen LogP contribution in [0, 0.1) is 11.7 Å². The first-order valence-corrected chi connectivity index (χ1v) is 10.2. The van der Waals surface area contributed by atoms with Crippen LogP contribution >= 0.6 is 0 Å². The number of nitrogens with zero attached hydrogens (tertiary/aromatic N) is 1. The van der Waals surface area contributed by atoms with Crippen LogP contribution in [-0.2, 0) is 16.1 Å². The summed E-state index contributed by atoms with van der Waals surface area (Å²) in [5.74, 6) is -1.02. The van der Waals surface area contributed by atoms with Crippen molar-refractivity contribution in [2.45, 2.75) is 32.4 Å². The highest BCUT2D eigenvalue weighted by Gasteiger charge is 2.34. The van der Waals surface area contributed by atoms with Crippen molar-refractivity contribution in [1.29, 1.82) is 0 Å². The van der Waals surface area contributed by atoms with Crippen LogP contribution in [0.3, 0.4) is 0 Å². The van der Waals surface area contributed by atoms with Crippen LogP contribution in [0.4, 0.5) is 4.39 Å². The highest BCUT2D eigenvalue weighted by molar-refractivity contribution is 5.93. The Labute approximate surface area is 180 Å². The topological polar surface area (TPSA) is 88.1 Å². The highest BCUT2D eigenvalue weighted by atomic mass is 19.1. The number of benzene rings is 2. The number of carbonyl (C=O) groups excluding carboxylic acids is 2. The highest BCUT2D eigenvalue weighted by Crippen LogP contribution is 2.35. The molecule has 2 atom stereocenters. The Balaban J connectivity index is 2.00. The molecule has 2 aromatic rings. The Morgan fingerprint density at radius 1 is 1.32 bits per heavy atom. The summed E-state index contributed by atoms with van der Waals surface area (Å²) in [6.07, 6.45) is 1.20. The number of ether oxygens (including phenoxy) is 2. The molecule has 0 aliphatic carbocycles. The van der Waals surface area contributed by atoms with Gasteiger partial charge in [0.25, 0.3) is 5.91 Å². The van der Waals surface area contributed by atoms with Crippen LogP contribution in [0.1, 0.15) is 47.3 Å². The van der Waals surface area contributed by atoms with E-state index in [4.69, 9.17) is 14.7 Å². The second-order valence-electron chi connectivity index (χ2n) is 7.46. The SMILES string of the molecule is CCC(CCOC)C(=O)N1Cc2ccc(C(=O)NO)cc2OC[C@H]1c1ccccc1F. The van der Waals surface area contributed by atoms with Gasteiger partial charge in [-0.05, 0) is 31.0 Å². The summed E-state index contributed by atoms with van der Waals surface area (Å²) in [6.45, 7) is 2.63. The minimum atomic E-state index is -0.667. The first-order valence-electron chi connectivity index (χ1n) is 10.2. The Morgan fingerprint density at radius 2 is 2.10 bits per heavy atom. The molecule has 0 fully saturated rings. The molecule has 8 heteroatoms. The van der Waals surface area contributed by atoms with E-state index in [-0.39, 0.29) is 30.5 Å². The molecule has 1 aliphatic heterocycles. The fourth-order valence-electron chi connectivity index (χ4n) is 3.81. The van der Waals surface area contributed by atoms with Gasteiger partial charge in [0.15, 0.2) is 0 Å². The molecule has 0 saturated carbocycles. The molecule has 166 valence electrons. The molecule has 0 spiro atoms. The van der Waals surface area contributed by atoms with Crippen molar-refractivity contribution >= 4 is 11.8 Å². The average molecular weight is 430 g/mol. The summed E-state index contributed by atoms with van der Waals surface area (Å²) in [6, 6.07) is 10.4. The molecule has 1 heterocycles. The van der Waals surface area contributed by atoms with Gasteiger partial charge in [0.05, 0.1) is 12.6 Å². The number of hydrogen-bond acceptors (Lipinski definition) is 5. The van der Waals surface area contributed by atoms with Crippen molar-refractivity contribution in [3.63, 3.8) is 0 Å². The van der Waals surface area contributed by atoms with Gasteiger partial charge in [-0.2, -0.15) is 0 Å². The van der Waals surface area contributed by atoms with Crippen LogP contribution in [0.5, 0.6) is 5.75 Å². The monoisotopic (exact) mass is 430 g/mol. The summed E-state index contributed by atoms with van der Waals surface area (Å²) >= 11 is 0. The van der Waals surface area contributed by atoms with Gasteiger partial charge in [-0.1, -0.05) is 31.2 Å². The lowest BCUT2D eigenvalue weighted by Crippen LogP contribution is -2.40. The normalized spacial score (nSPS) is 16.6. The van der Waals surface area contributed by atoms with Crippen LogP contribution < -0.4 is 10.2 Å². The number of methoxy groups -OCH3 is 1. The van der Waals surface area contributed by atoms with Gasteiger partial charge in [-0.3, -0.25) is 14.8 Å². The Morgan fingerprint density at radius 3 is 2.77 bits per heavy atom. The maximum atomic E-state index is 14.7. The van der Waals surface area contributed by atoms with E-state index in [0.29, 0.717) is 36.3 Å². The molecule has 3 rings (SSSR count). The standard InChI is InChI=1S/C23H27FN2O5/c1-3-15(10-11-30-2)23(28)26-13-17-9-8-16(22(27)25-29)12-21(17)31-14-20(26)18-6-4-5-7-19(18)24/h4-9,12,15,20,29H,3,10-11,13-14H2,1-2H3,(H,25,27)/t15?,20-/m0/s1. The maximum Gasteiger partial charge on any atom is 0.274 e. The number of fused-ring (bicyclic) bond motifs is 1. The van der Waals surface area contributed by atoms with Crippen molar-refractivity contribution in [1.82, 2.24) is 10.4 Å². The van der Waals surface area contributed by atoms with Crippen molar-refractivity contribution in [3.8, 4) is 5.75 Å². The molecule has 0 bridgehead atoms. The fourth-order valence-corrected chi connectivity index (χ4v) is 3.81. The summed E-state index contributed by atoms with van der Waals surface area (Å²) in [5, 5.41) is 8.90. The molecule has 0 aromatic heterocycles. The van der Waals surface area contributed by atoms with E-state index in [0.717, 1.165) is 0 Å². The van der Waals surface area contributed by atoms with E-state index < -0.39 is 17.8 Å². The molecule has 1 aliphatic rings. The second-order valence-corrected chi connectivity index (χ2v) is 7.46. The molecule has 2 aromatic carbocycles. The maximum absolute atomic E-state index is 14.7. The third-order valence-electron chi connectivity index (χ3n) is 5.60. The molecule has 1 unspecified atom stereocenters. The summed E-state index contributed by atoms with van der Waals surface area (Å²) in [5.41, 5.74) is 2.88. The van der Waals surface area contributed by atoms with Crippen molar-refractivity contribution in [3.05, 3.63) is 65.0 Å². The predicted octanol–water partition coefficient (Wildman–Crippen LogP) is 3.47. The fraction of sp³-hybridized carbons (Fsp3) is 0.391. The zero-order valence-corrected chi connectivity index (χ0v) is 17.6. The van der Waals surface area contributed by atoms with Crippen LogP contribution in [0.25, 0.3) is 0 Å². The minimum absolute atomic E-state index is 0.0323. The zero-order valence-electron chi connectivity index (χ0n) is 17.6. The summed E-state index contributed by atoms with van der Waals surface area (Å²) in [4.78, 5) is 26.9. The molecule has 2 amide bonds. The molecule has 7 nitrogen and oxygen atoms in total. The van der Waals surface area contributed by atoms with Crippen molar-refractivity contribution in [2.75, 3.05) is 20.3 Å². The third kappa shape index (κ3) is 5.03. The van der Waals surface area contributed by atoms with E-state index in [1.54, 1.807) is 47.8 Å².